The summed E-state index contributed by atoms with van der Waals surface area (Å²) in [6.07, 6.45) is 0. The minimum Gasteiger partial charge on any atom is -0.0812 e. The average Bonchev–Trinajstić information content (AvgIpc) is 2.85. The van der Waals surface area contributed by atoms with Crippen LogP contribution < -0.4 is 5.46 Å². The van der Waals surface area contributed by atoms with Gasteiger partial charge in [-0.3, -0.25) is 0 Å². The van der Waals surface area contributed by atoms with Gasteiger partial charge in [0.05, 0.1) is 0 Å². The summed E-state index contributed by atoms with van der Waals surface area (Å²) in [5.74, 6) is 0. The molecule has 0 aliphatic carbocycles. The molecule has 0 spiro atoms. The highest BCUT2D eigenvalue weighted by Crippen LogP contribution is 2.41. The molecule has 0 fully saturated rings. The van der Waals surface area contributed by atoms with Crippen LogP contribution in [0.15, 0.2) is 115 Å². The molecule has 142 valence electrons. The Kier molecular flexibility index (Phi) is 4.14. The standard InChI is InChI=1S/C30H19B/c31-30-27-16-8-6-14-24(27)29(25-15-7-9-17-28(25)30)26-19-18-21(20-10-2-1-3-11-20)22-12-4-5-13-23(22)26/h1-19H. The first-order valence-electron chi connectivity index (χ1n) is 10.6. The highest BCUT2D eigenvalue weighted by Gasteiger charge is 2.16. The van der Waals surface area contributed by atoms with Crippen LogP contribution in [0.1, 0.15) is 0 Å². The fourth-order valence-electron chi connectivity index (χ4n) is 4.84. The molecule has 1 heteroatoms. The summed E-state index contributed by atoms with van der Waals surface area (Å²) in [4.78, 5) is 0. The lowest BCUT2D eigenvalue weighted by Gasteiger charge is -2.18. The number of rotatable bonds is 2. The van der Waals surface area contributed by atoms with Crippen LogP contribution in [0.3, 0.4) is 0 Å². The Balaban J connectivity index is 1.77. The quantitative estimate of drug-likeness (QED) is 0.215. The van der Waals surface area contributed by atoms with E-state index in [0.717, 1.165) is 16.2 Å². The smallest absolute Gasteiger partial charge is 0.0812 e. The molecule has 0 aliphatic heterocycles. The Hall–Kier alpha value is -3.84. The van der Waals surface area contributed by atoms with Crippen molar-refractivity contribution in [3.8, 4) is 22.3 Å². The predicted octanol–water partition coefficient (Wildman–Crippen LogP) is 7.27. The highest BCUT2D eigenvalue weighted by molar-refractivity contribution is 6.47. The second kappa shape index (κ2) is 7.14. The molecule has 0 saturated carbocycles. The van der Waals surface area contributed by atoms with Crippen LogP contribution >= 0.6 is 0 Å². The van der Waals surface area contributed by atoms with Crippen molar-refractivity contribution >= 4 is 45.6 Å². The Morgan fingerprint density at radius 2 is 0.774 bits per heavy atom. The Morgan fingerprint density at radius 1 is 0.355 bits per heavy atom. The second-order valence-electron chi connectivity index (χ2n) is 7.95. The van der Waals surface area contributed by atoms with Crippen LogP contribution in [-0.4, -0.2) is 7.85 Å². The molecule has 0 unspecified atom stereocenters. The topological polar surface area (TPSA) is 0 Å². The minimum absolute atomic E-state index is 0.847. The summed E-state index contributed by atoms with van der Waals surface area (Å²) in [5, 5.41) is 7.10. The van der Waals surface area contributed by atoms with E-state index in [1.807, 2.05) is 0 Å². The predicted molar refractivity (Wildman–Crippen MR) is 135 cm³/mol. The molecular formula is C30H19B. The van der Waals surface area contributed by atoms with Crippen LogP contribution in [0.25, 0.3) is 54.6 Å². The van der Waals surface area contributed by atoms with Crippen molar-refractivity contribution in [2.75, 3.05) is 0 Å². The van der Waals surface area contributed by atoms with Crippen molar-refractivity contribution in [3.05, 3.63) is 115 Å². The first kappa shape index (κ1) is 18.0. The molecule has 0 nitrogen and oxygen atoms in total. The molecule has 0 bridgehead atoms. The summed E-state index contributed by atoms with van der Waals surface area (Å²) >= 11 is 0. The van der Waals surface area contributed by atoms with E-state index in [1.54, 1.807) is 0 Å². The van der Waals surface area contributed by atoms with Crippen LogP contribution in [0.4, 0.5) is 0 Å². The van der Waals surface area contributed by atoms with Gasteiger partial charge in [-0.05, 0) is 54.6 Å². The van der Waals surface area contributed by atoms with E-state index in [9.17, 15) is 0 Å². The van der Waals surface area contributed by atoms with Gasteiger partial charge < -0.3 is 0 Å². The minimum atomic E-state index is 0.847. The van der Waals surface area contributed by atoms with E-state index in [4.69, 9.17) is 7.85 Å². The Morgan fingerprint density at radius 3 is 1.35 bits per heavy atom. The third-order valence-corrected chi connectivity index (χ3v) is 6.25. The fraction of sp³-hybridized carbons (Fsp3) is 0. The van der Waals surface area contributed by atoms with Gasteiger partial charge in [-0.15, -0.1) is 0 Å². The van der Waals surface area contributed by atoms with E-state index in [-0.39, 0.29) is 0 Å². The zero-order valence-electron chi connectivity index (χ0n) is 17.0. The molecule has 6 aromatic carbocycles. The number of fused-ring (bicyclic) bond motifs is 3. The van der Waals surface area contributed by atoms with Crippen molar-refractivity contribution in [1.29, 1.82) is 0 Å². The normalized spacial score (nSPS) is 11.4. The first-order chi connectivity index (χ1) is 15.3. The number of hydrogen-bond acceptors (Lipinski definition) is 0. The maximum absolute atomic E-state index is 6.61. The van der Waals surface area contributed by atoms with Crippen LogP contribution in [0, 0.1) is 0 Å². The Labute approximate surface area is 183 Å². The van der Waals surface area contributed by atoms with E-state index in [2.05, 4.69) is 115 Å². The zero-order chi connectivity index (χ0) is 20.8. The number of hydrogen-bond donors (Lipinski definition) is 0. The van der Waals surface area contributed by atoms with E-state index in [0.29, 0.717) is 0 Å². The third kappa shape index (κ3) is 2.78. The van der Waals surface area contributed by atoms with Gasteiger partial charge in [-0.25, -0.2) is 0 Å². The summed E-state index contributed by atoms with van der Waals surface area (Å²) in [5.41, 5.74) is 5.82. The largest absolute Gasteiger partial charge is 0.115 e. The summed E-state index contributed by atoms with van der Waals surface area (Å²) < 4.78 is 0. The van der Waals surface area contributed by atoms with Crippen molar-refractivity contribution in [3.63, 3.8) is 0 Å². The molecule has 0 N–H and O–H groups in total. The molecule has 6 aromatic rings. The van der Waals surface area contributed by atoms with Crippen LogP contribution in [0.2, 0.25) is 0 Å². The van der Waals surface area contributed by atoms with E-state index < -0.39 is 0 Å². The van der Waals surface area contributed by atoms with Gasteiger partial charge in [0.2, 0.25) is 0 Å². The zero-order valence-corrected chi connectivity index (χ0v) is 17.0. The van der Waals surface area contributed by atoms with Gasteiger partial charge in [0, 0.05) is 0 Å². The third-order valence-electron chi connectivity index (χ3n) is 6.25. The van der Waals surface area contributed by atoms with E-state index >= 15 is 0 Å². The lowest BCUT2D eigenvalue weighted by Crippen LogP contribution is -2.07. The molecule has 0 saturated heterocycles. The van der Waals surface area contributed by atoms with Gasteiger partial charge in [-0.2, -0.15) is 0 Å². The molecule has 31 heavy (non-hydrogen) atoms. The van der Waals surface area contributed by atoms with Gasteiger partial charge in [-0.1, -0.05) is 121 Å². The molecule has 0 aromatic heterocycles. The van der Waals surface area contributed by atoms with Crippen molar-refractivity contribution < 1.29 is 0 Å². The number of benzene rings is 6. The maximum atomic E-state index is 6.61. The first-order valence-corrected chi connectivity index (χ1v) is 10.6. The second-order valence-corrected chi connectivity index (χ2v) is 7.95. The summed E-state index contributed by atoms with van der Waals surface area (Å²) in [6, 6.07) is 40.8. The lowest BCUT2D eigenvalue weighted by atomic mass is 9.80. The van der Waals surface area contributed by atoms with Crippen molar-refractivity contribution in [1.82, 2.24) is 0 Å². The van der Waals surface area contributed by atoms with Crippen LogP contribution in [0.5, 0.6) is 0 Å². The van der Waals surface area contributed by atoms with Crippen LogP contribution in [-0.2, 0) is 0 Å². The average molecular weight is 390 g/mol. The van der Waals surface area contributed by atoms with Gasteiger partial charge >= 0.3 is 0 Å². The molecule has 0 amide bonds. The maximum Gasteiger partial charge on any atom is 0.115 e. The Bertz CT molecular complexity index is 1520. The molecule has 6 rings (SSSR count). The highest BCUT2D eigenvalue weighted by atomic mass is 14.2. The molecule has 2 radical (unpaired) electrons. The van der Waals surface area contributed by atoms with Gasteiger partial charge in [0.15, 0.2) is 0 Å². The van der Waals surface area contributed by atoms with Crippen molar-refractivity contribution in [2.24, 2.45) is 0 Å². The molecular weight excluding hydrogens is 371 g/mol. The van der Waals surface area contributed by atoms with Gasteiger partial charge in [0.1, 0.15) is 7.85 Å². The summed E-state index contributed by atoms with van der Waals surface area (Å²) in [6.45, 7) is 0. The SMILES string of the molecule is [B]c1c2ccccc2c(-c2ccc(-c3ccccc3)c3ccccc23)c2ccccc12. The fourth-order valence-corrected chi connectivity index (χ4v) is 4.84. The lowest BCUT2D eigenvalue weighted by molar-refractivity contribution is 1.64. The molecule has 0 atom stereocenters. The van der Waals surface area contributed by atoms with Gasteiger partial charge in [0.25, 0.3) is 0 Å². The van der Waals surface area contributed by atoms with Crippen molar-refractivity contribution in [2.45, 2.75) is 0 Å². The van der Waals surface area contributed by atoms with E-state index in [1.165, 1.54) is 43.8 Å². The molecule has 0 aliphatic rings. The summed E-state index contributed by atoms with van der Waals surface area (Å²) in [7, 11) is 6.61. The monoisotopic (exact) mass is 390 g/mol. The molecule has 0 heterocycles.